The molecule has 0 aliphatic heterocycles. The number of rotatable bonds is 7. The molecule has 1 amide bonds. The summed E-state index contributed by atoms with van der Waals surface area (Å²) < 4.78 is 10.6. The first kappa shape index (κ1) is 21.2. The predicted octanol–water partition coefficient (Wildman–Crippen LogP) is 4.44. The number of carbonyl (C=O) groups is 2. The zero-order valence-corrected chi connectivity index (χ0v) is 16.6. The van der Waals surface area contributed by atoms with Gasteiger partial charge in [0.2, 0.25) is 0 Å². The number of hydrogen-bond donors (Lipinski definition) is 1. The van der Waals surface area contributed by atoms with E-state index in [1.807, 2.05) is 60.7 Å². The van der Waals surface area contributed by atoms with E-state index in [0.29, 0.717) is 0 Å². The van der Waals surface area contributed by atoms with E-state index in [-0.39, 0.29) is 6.61 Å². The molecule has 0 aliphatic carbocycles. The normalized spacial score (nSPS) is 12.1. The highest BCUT2D eigenvalue weighted by atomic mass is 16.6. The van der Waals surface area contributed by atoms with Gasteiger partial charge in [-0.2, -0.15) is 0 Å². The van der Waals surface area contributed by atoms with E-state index in [0.717, 1.165) is 11.1 Å². The van der Waals surface area contributed by atoms with Crippen molar-refractivity contribution in [3.05, 3.63) is 84.4 Å². The topological polar surface area (TPSA) is 64.6 Å². The van der Waals surface area contributed by atoms with E-state index in [4.69, 9.17) is 9.47 Å². The summed E-state index contributed by atoms with van der Waals surface area (Å²) in [6, 6.07) is 18.1. The van der Waals surface area contributed by atoms with Gasteiger partial charge >= 0.3 is 12.1 Å². The van der Waals surface area contributed by atoms with Crippen LogP contribution in [0.5, 0.6) is 0 Å². The van der Waals surface area contributed by atoms with Gasteiger partial charge in [-0.25, -0.2) is 9.59 Å². The summed E-state index contributed by atoms with van der Waals surface area (Å²) >= 11 is 0. The third-order valence-corrected chi connectivity index (χ3v) is 3.92. The van der Waals surface area contributed by atoms with Gasteiger partial charge in [-0.05, 0) is 31.9 Å². The summed E-state index contributed by atoms with van der Waals surface area (Å²) in [6.07, 6.45) is 0.813. The van der Waals surface area contributed by atoms with Gasteiger partial charge in [-0.3, -0.25) is 0 Å². The Morgan fingerprint density at radius 2 is 1.50 bits per heavy atom. The summed E-state index contributed by atoms with van der Waals surface area (Å²) in [7, 11) is 0. The lowest BCUT2D eigenvalue weighted by molar-refractivity contribution is -0.145. The van der Waals surface area contributed by atoms with Crippen LogP contribution in [0.4, 0.5) is 4.79 Å². The number of nitrogens with one attached hydrogen (secondary N) is 1. The minimum absolute atomic E-state index is 0.0572. The van der Waals surface area contributed by atoms with Crippen molar-refractivity contribution in [1.29, 1.82) is 0 Å². The third kappa shape index (κ3) is 6.27. The lowest BCUT2D eigenvalue weighted by atomic mass is 9.85. The minimum Gasteiger partial charge on any atom is -0.460 e. The van der Waals surface area contributed by atoms with Gasteiger partial charge < -0.3 is 14.8 Å². The first-order chi connectivity index (χ1) is 13.3. The maximum atomic E-state index is 12.9. The number of carbonyl (C=O) groups excluding carboxylic acids is 2. The van der Waals surface area contributed by atoms with Crippen LogP contribution in [0.2, 0.25) is 0 Å². The average molecular weight is 381 g/mol. The van der Waals surface area contributed by atoms with Crippen molar-refractivity contribution in [2.45, 2.75) is 38.3 Å². The summed E-state index contributed by atoms with van der Waals surface area (Å²) in [5.41, 5.74) is 1.07. The number of alkyl carbamates (subject to hydrolysis) is 1. The third-order valence-electron chi connectivity index (χ3n) is 3.92. The van der Waals surface area contributed by atoms with Crippen molar-refractivity contribution in [2.75, 3.05) is 6.61 Å². The fourth-order valence-corrected chi connectivity index (χ4v) is 2.84. The molecular weight excluding hydrogens is 354 g/mol. The molecule has 0 saturated heterocycles. The Bertz CT molecular complexity index is 742. The highest BCUT2D eigenvalue weighted by Crippen LogP contribution is 2.29. The smallest absolute Gasteiger partial charge is 0.408 e. The zero-order valence-electron chi connectivity index (χ0n) is 16.6. The number of amides is 1. The Morgan fingerprint density at radius 1 is 1.00 bits per heavy atom. The van der Waals surface area contributed by atoms with Crippen molar-refractivity contribution < 1.29 is 19.1 Å². The number of esters is 1. The predicted molar refractivity (Wildman–Crippen MR) is 109 cm³/mol. The van der Waals surface area contributed by atoms with Crippen LogP contribution in [-0.4, -0.2) is 30.3 Å². The molecule has 28 heavy (non-hydrogen) atoms. The van der Waals surface area contributed by atoms with Gasteiger partial charge in [-0.1, -0.05) is 73.3 Å². The Labute approximate surface area is 166 Å². The molecule has 0 aromatic heterocycles. The van der Waals surface area contributed by atoms with Gasteiger partial charge in [0.05, 0.1) is 0 Å². The van der Waals surface area contributed by atoms with Crippen molar-refractivity contribution in [1.82, 2.24) is 5.32 Å². The summed E-state index contributed by atoms with van der Waals surface area (Å²) in [5, 5.41) is 2.71. The summed E-state index contributed by atoms with van der Waals surface area (Å²) in [6.45, 7) is 8.93. The van der Waals surface area contributed by atoms with Crippen molar-refractivity contribution in [3.8, 4) is 0 Å². The lowest BCUT2D eigenvalue weighted by Gasteiger charge is -2.28. The standard InChI is InChI=1S/C23H27NO4/c1-5-16-27-21(25)20(24-22(26)28-23(2,3)4)19(17-12-8-6-9-13-17)18-14-10-7-11-15-18/h5-15,19-20H,1,16H2,2-4H3,(H,24,26)/t20-/m0/s1. The second kappa shape index (κ2) is 9.74. The molecule has 5 heteroatoms. The molecule has 0 heterocycles. The van der Waals surface area contributed by atoms with Gasteiger partial charge in [0, 0.05) is 5.92 Å². The molecule has 0 fully saturated rings. The minimum atomic E-state index is -0.959. The fourth-order valence-electron chi connectivity index (χ4n) is 2.84. The van der Waals surface area contributed by atoms with Crippen molar-refractivity contribution in [3.63, 3.8) is 0 Å². The van der Waals surface area contributed by atoms with E-state index in [2.05, 4.69) is 11.9 Å². The molecule has 0 bridgehead atoms. The Kier molecular flexibility index (Phi) is 7.38. The average Bonchev–Trinajstić information content (AvgIpc) is 2.66. The van der Waals surface area contributed by atoms with Crippen molar-refractivity contribution >= 4 is 12.1 Å². The van der Waals surface area contributed by atoms with Gasteiger partial charge in [0.25, 0.3) is 0 Å². The molecule has 0 unspecified atom stereocenters. The molecule has 0 saturated carbocycles. The second-order valence-corrected chi connectivity index (χ2v) is 7.34. The molecule has 0 aliphatic rings. The SMILES string of the molecule is C=CCOC(=O)[C@@H](NC(=O)OC(C)(C)C)C(c1ccccc1)c1ccccc1. The zero-order chi connectivity index (χ0) is 20.6. The Hall–Kier alpha value is -3.08. The van der Waals surface area contributed by atoms with E-state index in [1.54, 1.807) is 20.8 Å². The number of hydrogen-bond acceptors (Lipinski definition) is 4. The first-order valence-electron chi connectivity index (χ1n) is 9.19. The van der Waals surface area contributed by atoms with Crippen LogP contribution in [0.15, 0.2) is 73.3 Å². The molecule has 0 spiro atoms. The quantitative estimate of drug-likeness (QED) is 0.569. The number of benzene rings is 2. The molecule has 1 N–H and O–H groups in total. The molecule has 5 nitrogen and oxygen atoms in total. The molecule has 0 radical (unpaired) electrons. The van der Waals surface area contributed by atoms with Crippen LogP contribution in [-0.2, 0) is 14.3 Å². The Balaban J connectivity index is 2.44. The summed E-state index contributed by atoms with van der Waals surface area (Å²) in [4.78, 5) is 25.3. The maximum Gasteiger partial charge on any atom is 0.408 e. The second-order valence-electron chi connectivity index (χ2n) is 7.34. The van der Waals surface area contributed by atoms with Crippen LogP contribution >= 0.6 is 0 Å². The highest BCUT2D eigenvalue weighted by Gasteiger charge is 2.34. The highest BCUT2D eigenvalue weighted by molar-refractivity contribution is 5.83. The van der Waals surface area contributed by atoms with Crippen LogP contribution in [0.1, 0.15) is 37.8 Å². The van der Waals surface area contributed by atoms with Crippen LogP contribution in [0.3, 0.4) is 0 Å². The van der Waals surface area contributed by atoms with Gasteiger partial charge in [0.1, 0.15) is 18.2 Å². The molecule has 148 valence electrons. The fraction of sp³-hybridized carbons (Fsp3) is 0.304. The van der Waals surface area contributed by atoms with Gasteiger partial charge in [0.15, 0.2) is 0 Å². The van der Waals surface area contributed by atoms with Crippen molar-refractivity contribution in [2.24, 2.45) is 0 Å². The van der Waals surface area contributed by atoms with E-state index in [1.165, 1.54) is 6.08 Å². The van der Waals surface area contributed by atoms with E-state index >= 15 is 0 Å². The van der Waals surface area contributed by atoms with E-state index < -0.39 is 29.6 Å². The molecule has 2 aromatic carbocycles. The van der Waals surface area contributed by atoms with Gasteiger partial charge in [-0.15, -0.1) is 0 Å². The monoisotopic (exact) mass is 381 g/mol. The number of ether oxygens (including phenoxy) is 2. The molecule has 2 rings (SSSR count). The summed E-state index contributed by atoms with van der Waals surface area (Å²) in [5.74, 6) is -0.990. The Morgan fingerprint density at radius 3 is 1.93 bits per heavy atom. The first-order valence-corrected chi connectivity index (χ1v) is 9.19. The van der Waals surface area contributed by atoms with E-state index in [9.17, 15) is 9.59 Å². The van der Waals surface area contributed by atoms with Crippen LogP contribution < -0.4 is 5.32 Å². The van der Waals surface area contributed by atoms with Crippen LogP contribution in [0.25, 0.3) is 0 Å². The molecular formula is C23H27NO4. The molecule has 1 atom stereocenters. The molecule has 2 aromatic rings. The maximum absolute atomic E-state index is 12.9. The lowest BCUT2D eigenvalue weighted by Crippen LogP contribution is -2.48. The van der Waals surface area contributed by atoms with Crippen LogP contribution in [0, 0.1) is 0 Å². The largest absolute Gasteiger partial charge is 0.460 e.